The van der Waals surface area contributed by atoms with E-state index in [9.17, 15) is 4.79 Å². The van der Waals surface area contributed by atoms with E-state index in [1.807, 2.05) is 42.5 Å². The third-order valence-corrected chi connectivity index (χ3v) is 5.34. The first-order valence-corrected chi connectivity index (χ1v) is 9.75. The van der Waals surface area contributed by atoms with E-state index in [1.165, 1.54) is 0 Å². The van der Waals surface area contributed by atoms with Crippen LogP contribution >= 0.6 is 0 Å². The van der Waals surface area contributed by atoms with Gasteiger partial charge in [0.2, 0.25) is 5.91 Å². The van der Waals surface area contributed by atoms with E-state index in [0.29, 0.717) is 0 Å². The summed E-state index contributed by atoms with van der Waals surface area (Å²) in [4.78, 5) is 19.5. The number of fused-ring (bicyclic) bond motifs is 2. The third-order valence-electron chi connectivity index (χ3n) is 5.34. The molecule has 0 aromatic heterocycles. The Morgan fingerprint density at radius 2 is 1.93 bits per heavy atom. The van der Waals surface area contributed by atoms with Gasteiger partial charge in [-0.05, 0) is 57.0 Å². The molecule has 0 radical (unpaired) electrons. The van der Waals surface area contributed by atoms with Crippen molar-refractivity contribution in [3.63, 3.8) is 0 Å². The van der Waals surface area contributed by atoms with Crippen LogP contribution in [0.3, 0.4) is 0 Å². The van der Waals surface area contributed by atoms with Crippen LogP contribution in [0.4, 0.5) is 11.4 Å². The van der Waals surface area contributed by atoms with E-state index in [1.54, 1.807) is 0 Å². The molecule has 1 heterocycles. The fourth-order valence-electron chi connectivity index (χ4n) is 3.48. The van der Waals surface area contributed by atoms with Gasteiger partial charge in [0, 0.05) is 24.7 Å². The average Bonchev–Trinajstić information content (AvgIpc) is 2.78. The number of benzene rings is 2. The lowest BCUT2D eigenvalue weighted by atomic mass is 9.85. The molecule has 5 heteroatoms. The molecule has 2 aromatic rings. The van der Waals surface area contributed by atoms with Crippen LogP contribution in [0.2, 0.25) is 0 Å². The summed E-state index contributed by atoms with van der Waals surface area (Å²) in [6.45, 7) is 5.92. The molecule has 27 heavy (non-hydrogen) atoms. The number of hydrogen-bond donors (Lipinski definition) is 1. The predicted molar refractivity (Wildman–Crippen MR) is 108 cm³/mol. The number of rotatable bonds is 4. The Hall–Kier alpha value is -2.82. The molecule has 1 aliphatic heterocycles. The van der Waals surface area contributed by atoms with Crippen molar-refractivity contribution >= 4 is 23.1 Å². The molecule has 5 nitrogen and oxygen atoms in total. The van der Waals surface area contributed by atoms with Gasteiger partial charge in [-0.1, -0.05) is 18.6 Å². The van der Waals surface area contributed by atoms with Crippen molar-refractivity contribution in [2.45, 2.75) is 33.1 Å². The maximum absolute atomic E-state index is 12.4. The zero-order valence-corrected chi connectivity index (χ0v) is 15.9. The SMILES string of the molecule is CCN(CC)C1=Nc2ccccc2Oc2ccc(NC(=O)C3CCC3)cc21. The molecule has 1 N–H and O–H groups in total. The Morgan fingerprint density at radius 3 is 2.63 bits per heavy atom. The molecule has 4 rings (SSSR count). The molecule has 1 saturated carbocycles. The lowest BCUT2D eigenvalue weighted by Gasteiger charge is -2.25. The van der Waals surface area contributed by atoms with Crippen LogP contribution in [-0.4, -0.2) is 29.7 Å². The molecular formula is C22H25N3O2. The maximum atomic E-state index is 12.4. The van der Waals surface area contributed by atoms with E-state index >= 15 is 0 Å². The summed E-state index contributed by atoms with van der Waals surface area (Å²) < 4.78 is 6.16. The normalized spacial score (nSPS) is 15.4. The largest absolute Gasteiger partial charge is 0.454 e. The summed E-state index contributed by atoms with van der Waals surface area (Å²) in [5.74, 6) is 2.64. The smallest absolute Gasteiger partial charge is 0.227 e. The van der Waals surface area contributed by atoms with Crippen LogP contribution in [0.1, 0.15) is 38.7 Å². The molecule has 1 aliphatic carbocycles. The summed E-state index contributed by atoms with van der Waals surface area (Å²) in [5, 5.41) is 3.06. The van der Waals surface area contributed by atoms with Crippen LogP contribution in [-0.2, 0) is 4.79 Å². The lowest BCUT2D eigenvalue weighted by Crippen LogP contribution is -2.31. The Balaban J connectivity index is 1.74. The van der Waals surface area contributed by atoms with Gasteiger partial charge in [-0.2, -0.15) is 0 Å². The van der Waals surface area contributed by atoms with Gasteiger partial charge in [-0.25, -0.2) is 4.99 Å². The Kier molecular flexibility index (Phi) is 4.84. The number of nitrogens with zero attached hydrogens (tertiary/aromatic N) is 2. The minimum atomic E-state index is 0.111. The number of carbonyl (C=O) groups excluding carboxylic acids is 1. The molecule has 0 unspecified atom stereocenters. The van der Waals surface area contributed by atoms with E-state index in [0.717, 1.165) is 66.6 Å². The minimum Gasteiger partial charge on any atom is -0.454 e. The zero-order chi connectivity index (χ0) is 18.8. The molecule has 0 spiro atoms. The zero-order valence-electron chi connectivity index (χ0n) is 15.9. The third kappa shape index (κ3) is 3.42. The van der Waals surface area contributed by atoms with Gasteiger partial charge in [-0.15, -0.1) is 0 Å². The van der Waals surface area contributed by atoms with Crippen LogP contribution < -0.4 is 10.1 Å². The Bertz CT molecular complexity index is 883. The molecule has 2 aliphatic rings. The number of ether oxygens (including phenoxy) is 1. The van der Waals surface area contributed by atoms with Crippen molar-refractivity contribution in [3.8, 4) is 11.5 Å². The van der Waals surface area contributed by atoms with Gasteiger partial charge >= 0.3 is 0 Å². The highest BCUT2D eigenvalue weighted by Gasteiger charge is 2.26. The molecule has 0 saturated heterocycles. The van der Waals surface area contributed by atoms with Crippen molar-refractivity contribution in [2.24, 2.45) is 10.9 Å². The highest BCUT2D eigenvalue weighted by Crippen LogP contribution is 2.39. The first kappa shape index (κ1) is 17.6. The lowest BCUT2D eigenvalue weighted by molar-refractivity contribution is -0.122. The second kappa shape index (κ2) is 7.43. The summed E-state index contributed by atoms with van der Waals surface area (Å²) in [5.41, 5.74) is 2.51. The number of nitrogens with one attached hydrogen (secondary N) is 1. The van der Waals surface area contributed by atoms with Gasteiger partial charge in [0.15, 0.2) is 5.75 Å². The van der Waals surface area contributed by atoms with Gasteiger partial charge in [0.1, 0.15) is 17.3 Å². The van der Waals surface area contributed by atoms with Gasteiger partial charge in [0.05, 0.1) is 5.56 Å². The Labute approximate surface area is 160 Å². The summed E-state index contributed by atoms with van der Waals surface area (Å²) >= 11 is 0. The topological polar surface area (TPSA) is 53.9 Å². The first-order chi connectivity index (χ1) is 13.2. The fourth-order valence-corrected chi connectivity index (χ4v) is 3.48. The number of hydrogen-bond acceptors (Lipinski definition) is 4. The van der Waals surface area contributed by atoms with Crippen molar-refractivity contribution in [2.75, 3.05) is 18.4 Å². The van der Waals surface area contributed by atoms with Crippen LogP contribution in [0.5, 0.6) is 11.5 Å². The van der Waals surface area contributed by atoms with Crippen LogP contribution in [0, 0.1) is 5.92 Å². The molecule has 1 fully saturated rings. The highest BCUT2D eigenvalue weighted by atomic mass is 16.5. The van der Waals surface area contributed by atoms with Gasteiger partial charge in [-0.3, -0.25) is 4.79 Å². The quantitative estimate of drug-likeness (QED) is 0.836. The second-order valence-corrected chi connectivity index (χ2v) is 7.01. The summed E-state index contributed by atoms with van der Waals surface area (Å²) in [6.07, 6.45) is 3.12. The average molecular weight is 363 g/mol. The molecule has 1 amide bonds. The number of para-hydroxylation sites is 2. The standard InChI is InChI=1S/C22H25N3O2/c1-3-25(4-2)21-17-14-16(23-22(26)15-8-7-9-15)12-13-19(17)27-20-11-6-5-10-18(20)24-21/h5-6,10-15H,3-4,7-9H2,1-2H3,(H,23,26). The number of aliphatic imine (C=N–C) groups is 1. The second-order valence-electron chi connectivity index (χ2n) is 7.01. The van der Waals surface area contributed by atoms with E-state index in [2.05, 4.69) is 24.1 Å². The predicted octanol–water partition coefficient (Wildman–Crippen LogP) is 4.95. The molecule has 0 atom stereocenters. The summed E-state index contributed by atoms with van der Waals surface area (Å²) in [7, 11) is 0. The fraction of sp³-hybridized carbons (Fsp3) is 0.364. The Morgan fingerprint density at radius 1 is 1.15 bits per heavy atom. The van der Waals surface area contributed by atoms with Crippen molar-refractivity contribution in [3.05, 3.63) is 48.0 Å². The monoisotopic (exact) mass is 363 g/mol. The molecule has 140 valence electrons. The van der Waals surface area contributed by atoms with Crippen LogP contribution in [0.15, 0.2) is 47.5 Å². The first-order valence-electron chi connectivity index (χ1n) is 9.75. The molecule has 0 bridgehead atoms. The van der Waals surface area contributed by atoms with E-state index in [-0.39, 0.29) is 11.8 Å². The van der Waals surface area contributed by atoms with Crippen LogP contribution in [0.25, 0.3) is 0 Å². The van der Waals surface area contributed by atoms with Crippen molar-refractivity contribution in [1.29, 1.82) is 0 Å². The maximum Gasteiger partial charge on any atom is 0.227 e. The van der Waals surface area contributed by atoms with E-state index < -0.39 is 0 Å². The number of amides is 1. The van der Waals surface area contributed by atoms with E-state index in [4.69, 9.17) is 9.73 Å². The van der Waals surface area contributed by atoms with Crippen molar-refractivity contribution < 1.29 is 9.53 Å². The van der Waals surface area contributed by atoms with Crippen molar-refractivity contribution in [1.82, 2.24) is 4.90 Å². The number of anilines is 1. The summed E-state index contributed by atoms with van der Waals surface area (Å²) in [6, 6.07) is 13.6. The van der Waals surface area contributed by atoms with Gasteiger partial charge < -0.3 is 15.0 Å². The highest BCUT2D eigenvalue weighted by molar-refractivity contribution is 6.05. The number of carbonyl (C=O) groups is 1. The molecule has 2 aromatic carbocycles. The minimum absolute atomic E-state index is 0.111. The molecular weight excluding hydrogens is 338 g/mol. The van der Waals surface area contributed by atoms with Gasteiger partial charge in [0.25, 0.3) is 0 Å². The number of amidine groups is 1.